The zero-order valence-corrected chi connectivity index (χ0v) is 12.0. The number of hydrogen-bond donors (Lipinski definition) is 2. The van der Waals surface area contributed by atoms with Crippen molar-refractivity contribution in [1.29, 1.82) is 0 Å². The van der Waals surface area contributed by atoms with E-state index in [1.54, 1.807) is 0 Å². The second kappa shape index (κ2) is 7.92. The van der Waals surface area contributed by atoms with Crippen LogP contribution in [0.4, 0.5) is 0 Å². The van der Waals surface area contributed by atoms with Gasteiger partial charge in [0.1, 0.15) is 0 Å². The van der Waals surface area contributed by atoms with Gasteiger partial charge in [0, 0.05) is 6.61 Å². The molecule has 0 fully saturated rings. The zero-order valence-electron chi connectivity index (χ0n) is 12.0. The molecule has 2 atom stereocenters. The summed E-state index contributed by atoms with van der Waals surface area (Å²) in [6.45, 7) is 2.02. The number of nitrogens with zero attached hydrogens (tertiary/aromatic N) is 1. The Balaban J connectivity index is 2.73. The van der Waals surface area contributed by atoms with Gasteiger partial charge in [-0.3, -0.25) is 9.69 Å². The molecule has 2 N–H and O–H groups in total. The Morgan fingerprint density at radius 3 is 2.47 bits per heavy atom. The normalized spacial score (nSPS) is 14.2. The fourth-order valence-electron chi connectivity index (χ4n) is 1.83. The highest BCUT2D eigenvalue weighted by molar-refractivity contribution is 5.81. The minimum Gasteiger partial charge on any atom is -0.396 e. The van der Waals surface area contributed by atoms with E-state index in [4.69, 9.17) is 5.11 Å². The Kier molecular flexibility index (Phi) is 6.53. The molecule has 0 aliphatic carbocycles. The van der Waals surface area contributed by atoms with Crippen LogP contribution in [0, 0.1) is 0 Å². The lowest BCUT2D eigenvalue weighted by atomic mass is 10.0. The van der Waals surface area contributed by atoms with E-state index in [1.807, 2.05) is 56.3 Å². The van der Waals surface area contributed by atoms with E-state index in [9.17, 15) is 4.79 Å². The third-order valence-electron chi connectivity index (χ3n) is 3.32. The van der Waals surface area contributed by atoms with Crippen molar-refractivity contribution in [2.24, 2.45) is 0 Å². The molecule has 106 valence electrons. The van der Waals surface area contributed by atoms with Crippen LogP contribution in [0.3, 0.4) is 0 Å². The monoisotopic (exact) mass is 264 g/mol. The predicted molar refractivity (Wildman–Crippen MR) is 76.8 cm³/mol. The van der Waals surface area contributed by atoms with Crippen LogP contribution in [0.5, 0.6) is 0 Å². The van der Waals surface area contributed by atoms with Crippen molar-refractivity contribution in [3.8, 4) is 0 Å². The van der Waals surface area contributed by atoms with Gasteiger partial charge in [0.25, 0.3) is 0 Å². The predicted octanol–water partition coefficient (Wildman–Crippen LogP) is 1.57. The molecule has 19 heavy (non-hydrogen) atoms. The topological polar surface area (TPSA) is 52.6 Å². The van der Waals surface area contributed by atoms with Gasteiger partial charge in [-0.2, -0.15) is 0 Å². The first kappa shape index (κ1) is 15.7. The minimum absolute atomic E-state index is 0.0109. The number of carbonyl (C=O) groups excluding carboxylic acids is 1. The van der Waals surface area contributed by atoms with Crippen LogP contribution in [0.25, 0.3) is 0 Å². The maximum Gasteiger partial charge on any atom is 0.237 e. The first-order chi connectivity index (χ1) is 9.06. The Morgan fingerprint density at radius 2 is 1.95 bits per heavy atom. The number of likely N-dealkylation sites (N-methyl/N-ethyl adjacent to an activating group) is 1. The number of benzene rings is 1. The van der Waals surface area contributed by atoms with Crippen LogP contribution in [0.15, 0.2) is 30.3 Å². The highest BCUT2D eigenvalue weighted by Crippen LogP contribution is 2.18. The first-order valence-electron chi connectivity index (χ1n) is 6.69. The summed E-state index contributed by atoms with van der Waals surface area (Å²) in [5, 5.41) is 12.0. The SMILES string of the molecule is C[C@@H](C(=O)NC(CCCO)c1ccccc1)N(C)C. The number of rotatable bonds is 7. The second-order valence-electron chi connectivity index (χ2n) is 4.98. The minimum atomic E-state index is -0.166. The summed E-state index contributed by atoms with van der Waals surface area (Å²) in [6.07, 6.45) is 1.42. The lowest BCUT2D eigenvalue weighted by molar-refractivity contribution is -0.125. The van der Waals surface area contributed by atoms with E-state index >= 15 is 0 Å². The van der Waals surface area contributed by atoms with Gasteiger partial charge in [-0.1, -0.05) is 30.3 Å². The molecule has 0 bridgehead atoms. The molecule has 0 aromatic heterocycles. The molecule has 4 heteroatoms. The molecule has 0 spiro atoms. The van der Waals surface area contributed by atoms with Crippen molar-refractivity contribution in [3.05, 3.63) is 35.9 Å². The number of aliphatic hydroxyl groups is 1. The molecule has 1 aromatic rings. The molecule has 0 radical (unpaired) electrons. The van der Waals surface area contributed by atoms with Crippen molar-refractivity contribution in [3.63, 3.8) is 0 Å². The summed E-state index contributed by atoms with van der Waals surface area (Å²) in [7, 11) is 3.77. The molecule has 4 nitrogen and oxygen atoms in total. The number of amides is 1. The van der Waals surface area contributed by atoms with Crippen molar-refractivity contribution in [1.82, 2.24) is 10.2 Å². The average Bonchev–Trinajstić information content (AvgIpc) is 2.43. The molecule has 0 aliphatic heterocycles. The molecule has 0 saturated heterocycles. The summed E-state index contributed by atoms with van der Waals surface area (Å²) in [6, 6.07) is 9.68. The number of hydrogen-bond acceptors (Lipinski definition) is 3. The van der Waals surface area contributed by atoms with Crippen LogP contribution in [0.1, 0.15) is 31.4 Å². The summed E-state index contributed by atoms with van der Waals surface area (Å²) < 4.78 is 0. The Bertz CT molecular complexity index is 379. The average molecular weight is 264 g/mol. The second-order valence-corrected chi connectivity index (χ2v) is 4.98. The molecule has 1 aromatic carbocycles. The summed E-state index contributed by atoms with van der Waals surface area (Å²) in [4.78, 5) is 14.0. The fraction of sp³-hybridized carbons (Fsp3) is 0.533. The molecule has 0 heterocycles. The van der Waals surface area contributed by atoms with Gasteiger partial charge in [0.2, 0.25) is 5.91 Å². The van der Waals surface area contributed by atoms with Gasteiger partial charge in [-0.05, 0) is 39.4 Å². The van der Waals surface area contributed by atoms with Crippen LogP contribution in [-0.2, 0) is 4.79 Å². The highest BCUT2D eigenvalue weighted by atomic mass is 16.3. The lowest BCUT2D eigenvalue weighted by Gasteiger charge is -2.24. The van der Waals surface area contributed by atoms with Crippen LogP contribution >= 0.6 is 0 Å². The molecular weight excluding hydrogens is 240 g/mol. The molecule has 1 unspecified atom stereocenters. The van der Waals surface area contributed by atoms with Crippen LogP contribution in [0.2, 0.25) is 0 Å². The highest BCUT2D eigenvalue weighted by Gasteiger charge is 2.19. The molecule has 0 saturated carbocycles. The van der Waals surface area contributed by atoms with Gasteiger partial charge in [0.05, 0.1) is 12.1 Å². The Morgan fingerprint density at radius 1 is 1.32 bits per heavy atom. The molecular formula is C15H24N2O2. The zero-order chi connectivity index (χ0) is 14.3. The van der Waals surface area contributed by atoms with Crippen molar-refractivity contribution < 1.29 is 9.90 Å². The van der Waals surface area contributed by atoms with E-state index in [1.165, 1.54) is 0 Å². The Hall–Kier alpha value is -1.39. The lowest BCUT2D eigenvalue weighted by Crippen LogP contribution is -2.42. The maximum atomic E-state index is 12.1. The smallest absolute Gasteiger partial charge is 0.237 e. The number of aliphatic hydroxyl groups excluding tert-OH is 1. The first-order valence-corrected chi connectivity index (χ1v) is 6.69. The summed E-state index contributed by atoms with van der Waals surface area (Å²) in [5.74, 6) is 0.0109. The third-order valence-corrected chi connectivity index (χ3v) is 3.32. The van der Waals surface area contributed by atoms with E-state index in [2.05, 4.69) is 5.32 Å². The van der Waals surface area contributed by atoms with Gasteiger partial charge in [-0.15, -0.1) is 0 Å². The van der Waals surface area contributed by atoms with Crippen LogP contribution in [-0.4, -0.2) is 42.7 Å². The van der Waals surface area contributed by atoms with Gasteiger partial charge in [0.15, 0.2) is 0 Å². The van der Waals surface area contributed by atoms with E-state index in [0.717, 1.165) is 12.0 Å². The summed E-state index contributed by atoms with van der Waals surface area (Å²) >= 11 is 0. The van der Waals surface area contributed by atoms with Crippen molar-refractivity contribution in [2.45, 2.75) is 31.8 Å². The quantitative estimate of drug-likeness (QED) is 0.786. The molecule has 1 rings (SSSR count). The van der Waals surface area contributed by atoms with Gasteiger partial charge in [-0.25, -0.2) is 0 Å². The van der Waals surface area contributed by atoms with Crippen molar-refractivity contribution in [2.75, 3.05) is 20.7 Å². The Labute approximate surface area is 115 Å². The molecule has 1 amide bonds. The van der Waals surface area contributed by atoms with E-state index in [-0.39, 0.29) is 24.6 Å². The summed E-state index contributed by atoms with van der Waals surface area (Å²) in [5.41, 5.74) is 1.08. The number of carbonyl (C=O) groups is 1. The fourth-order valence-corrected chi connectivity index (χ4v) is 1.83. The van der Waals surface area contributed by atoms with Crippen LogP contribution < -0.4 is 5.32 Å². The third kappa shape index (κ3) is 5.01. The molecule has 0 aliphatic rings. The van der Waals surface area contributed by atoms with E-state index < -0.39 is 0 Å². The number of nitrogens with one attached hydrogen (secondary N) is 1. The maximum absolute atomic E-state index is 12.1. The largest absolute Gasteiger partial charge is 0.396 e. The van der Waals surface area contributed by atoms with Crippen molar-refractivity contribution >= 4 is 5.91 Å². The van der Waals surface area contributed by atoms with Gasteiger partial charge < -0.3 is 10.4 Å². The van der Waals surface area contributed by atoms with Gasteiger partial charge >= 0.3 is 0 Å². The van der Waals surface area contributed by atoms with E-state index in [0.29, 0.717) is 6.42 Å². The standard InChI is InChI=1S/C15H24N2O2/c1-12(17(2)3)15(19)16-14(10-7-11-18)13-8-5-4-6-9-13/h4-6,8-9,12,14,18H,7,10-11H2,1-3H3,(H,16,19)/t12-,14?/m0/s1.